The molecule has 2 rings (SSSR count). The highest BCUT2D eigenvalue weighted by atomic mass is 35.5. The number of hydrogen-bond acceptors (Lipinski definition) is 2. The summed E-state index contributed by atoms with van der Waals surface area (Å²) >= 11 is 5.71. The van der Waals surface area contributed by atoms with Crippen molar-refractivity contribution < 1.29 is 13.6 Å². The van der Waals surface area contributed by atoms with Crippen molar-refractivity contribution in [1.82, 2.24) is 4.98 Å². The van der Waals surface area contributed by atoms with Crippen LogP contribution >= 0.6 is 11.6 Å². The first kappa shape index (κ1) is 12.4. The summed E-state index contributed by atoms with van der Waals surface area (Å²) in [6.45, 7) is 0. The maximum atomic E-state index is 13.3. The van der Waals surface area contributed by atoms with Gasteiger partial charge < -0.3 is 5.32 Å². The summed E-state index contributed by atoms with van der Waals surface area (Å²) in [6, 6.07) is 5.56. The molecule has 0 aliphatic heterocycles. The van der Waals surface area contributed by atoms with Gasteiger partial charge >= 0.3 is 0 Å². The third-order valence-electron chi connectivity index (χ3n) is 2.14. The van der Waals surface area contributed by atoms with Crippen LogP contribution in [-0.4, -0.2) is 10.9 Å². The van der Waals surface area contributed by atoms with Gasteiger partial charge in [-0.05, 0) is 30.3 Å². The van der Waals surface area contributed by atoms with E-state index in [0.717, 1.165) is 18.2 Å². The van der Waals surface area contributed by atoms with Crippen molar-refractivity contribution in [3.8, 4) is 0 Å². The van der Waals surface area contributed by atoms with Gasteiger partial charge in [0.05, 0.1) is 5.56 Å². The van der Waals surface area contributed by atoms with Crippen molar-refractivity contribution in [2.75, 3.05) is 5.32 Å². The number of hydrogen-bond donors (Lipinski definition) is 1. The van der Waals surface area contributed by atoms with E-state index in [1.54, 1.807) is 0 Å². The van der Waals surface area contributed by atoms with Gasteiger partial charge in [0.1, 0.15) is 17.5 Å². The number of carbonyl (C=O) groups is 1. The smallest absolute Gasteiger partial charge is 0.259 e. The molecule has 0 unspecified atom stereocenters. The van der Waals surface area contributed by atoms with Crippen LogP contribution in [0, 0.1) is 11.6 Å². The number of anilines is 1. The molecule has 0 bridgehead atoms. The topological polar surface area (TPSA) is 42.0 Å². The maximum Gasteiger partial charge on any atom is 0.259 e. The molecule has 0 spiro atoms. The molecular weight excluding hydrogens is 262 g/mol. The van der Waals surface area contributed by atoms with Crippen LogP contribution < -0.4 is 5.32 Å². The molecule has 1 N–H and O–H groups in total. The Labute approximate surface area is 106 Å². The third kappa shape index (κ3) is 2.81. The van der Waals surface area contributed by atoms with Gasteiger partial charge in [0, 0.05) is 11.2 Å². The second kappa shape index (κ2) is 5.10. The average Bonchev–Trinajstić information content (AvgIpc) is 2.32. The number of benzene rings is 1. The monoisotopic (exact) mass is 268 g/mol. The van der Waals surface area contributed by atoms with Gasteiger partial charge in [-0.2, -0.15) is 0 Å². The van der Waals surface area contributed by atoms with Gasteiger partial charge in [-0.3, -0.25) is 4.79 Å². The van der Waals surface area contributed by atoms with E-state index < -0.39 is 23.1 Å². The molecule has 0 fully saturated rings. The number of carbonyl (C=O) groups excluding carboxylic acids is 1. The van der Waals surface area contributed by atoms with Crippen LogP contribution in [0.3, 0.4) is 0 Å². The Morgan fingerprint density at radius 3 is 2.72 bits per heavy atom. The van der Waals surface area contributed by atoms with Crippen LogP contribution in [0.4, 0.5) is 14.6 Å². The molecule has 92 valence electrons. The number of nitrogens with zero attached hydrogens (tertiary/aromatic N) is 1. The zero-order valence-corrected chi connectivity index (χ0v) is 9.71. The van der Waals surface area contributed by atoms with E-state index in [1.165, 1.54) is 18.3 Å². The second-order valence-corrected chi connectivity index (χ2v) is 3.87. The molecule has 1 amide bonds. The molecule has 1 aromatic heterocycles. The molecule has 6 heteroatoms. The fourth-order valence-electron chi connectivity index (χ4n) is 1.33. The van der Waals surface area contributed by atoms with Crippen LogP contribution in [0.2, 0.25) is 5.02 Å². The van der Waals surface area contributed by atoms with E-state index in [2.05, 4.69) is 10.3 Å². The van der Waals surface area contributed by atoms with Gasteiger partial charge in [-0.15, -0.1) is 0 Å². The Morgan fingerprint density at radius 2 is 2.00 bits per heavy atom. The van der Waals surface area contributed by atoms with Crippen LogP contribution in [-0.2, 0) is 0 Å². The predicted molar refractivity (Wildman–Crippen MR) is 63.6 cm³/mol. The first-order valence-corrected chi connectivity index (χ1v) is 5.32. The summed E-state index contributed by atoms with van der Waals surface area (Å²) in [5.74, 6) is -2.13. The summed E-state index contributed by atoms with van der Waals surface area (Å²) in [6.07, 6.45) is 1.39. The lowest BCUT2D eigenvalue weighted by Crippen LogP contribution is -2.14. The highest BCUT2D eigenvalue weighted by Crippen LogP contribution is 2.15. The number of nitrogens with one attached hydrogen (secondary N) is 1. The molecule has 1 aromatic carbocycles. The minimum atomic E-state index is -0.809. The minimum absolute atomic E-state index is 0.163. The predicted octanol–water partition coefficient (Wildman–Crippen LogP) is 3.27. The largest absolute Gasteiger partial charge is 0.306 e. The standard InChI is InChI=1S/C12H7ClF2N2O/c13-7-3-4-16-11(5-7)17-12(18)9-6-8(14)1-2-10(9)15/h1-6H,(H,16,17,18). The molecule has 0 radical (unpaired) electrons. The molecule has 0 saturated heterocycles. The normalized spacial score (nSPS) is 10.2. The lowest BCUT2D eigenvalue weighted by atomic mass is 10.2. The van der Waals surface area contributed by atoms with Gasteiger partial charge in [0.25, 0.3) is 5.91 Å². The van der Waals surface area contributed by atoms with Crippen molar-refractivity contribution in [2.24, 2.45) is 0 Å². The zero-order chi connectivity index (χ0) is 13.1. The fraction of sp³-hybridized carbons (Fsp3) is 0. The highest BCUT2D eigenvalue weighted by molar-refractivity contribution is 6.30. The number of aromatic nitrogens is 1. The Kier molecular flexibility index (Phi) is 3.53. The van der Waals surface area contributed by atoms with Crippen molar-refractivity contribution >= 4 is 23.3 Å². The summed E-state index contributed by atoms with van der Waals surface area (Å²) in [5.41, 5.74) is -0.392. The molecule has 0 saturated carbocycles. The number of amides is 1. The molecule has 18 heavy (non-hydrogen) atoms. The second-order valence-electron chi connectivity index (χ2n) is 3.44. The first-order chi connectivity index (χ1) is 8.56. The zero-order valence-electron chi connectivity index (χ0n) is 8.95. The van der Waals surface area contributed by atoms with Gasteiger partial charge in [-0.1, -0.05) is 11.6 Å². The minimum Gasteiger partial charge on any atom is -0.306 e. The van der Waals surface area contributed by atoms with Crippen LogP contribution in [0.15, 0.2) is 36.5 Å². The SMILES string of the molecule is O=C(Nc1cc(Cl)ccn1)c1cc(F)ccc1F. The average molecular weight is 269 g/mol. The molecule has 2 aromatic rings. The Balaban J connectivity index is 2.24. The Bertz CT molecular complexity index is 604. The van der Waals surface area contributed by atoms with Gasteiger partial charge in [-0.25, -0.2) is 13.8 Å². The molecular formula is C12H7ClF2N2O. The van der Waals surface area contributed by atoms with Gasteiger partial charge in [0.15, 0.2) is 0 Å². The van der Waals surface area contributed by atoms with Crippen LogP contribution in [0.5, 0.6) is 0 Å². The lowest BCUT2D eigenvalue weighted by Gasteiger charge is -2.05. The van der Waals surface area contributed by atoms with Crippen LogP contribution in [0.25, 0.3) is 0 Å². The van der Waals surface area contributed by atoms with Crippen molar-refractivity contribution in [2.45, 2.75) is 0 Å². The van der Waals surface area contributed by atoms with Crippen molar-refractivity contribution in [3.63, 3.8) is 0 Å². The van der Waals surface area contributed by atoms with E-state index in [9.17, 15) is 13.6 Å². The summed E-state index contributed by atoms with van der Waals surface area (Å²) in [4.78, 5) is 15.5. The summed E-state index contributed by atoms with van der Waals surface area (Å²) in [5, 5.41) is 2.70. The van der Waals surface area contributed by atoms with E-state index >= 15 is 0 Å². The van der Waals surface area contributed by atoms with Gasteiger partial charge in [0.2, 0.25) is 0 Å². The Hall–Kier alpha value is -2.01. The number of pyridine rings is 1. The third-order valence-corrected chi connectivity index (χ3v) is 2.37. The summed E-state index contributed by atoms with van der Waals surface area (Å²) in [7, 11) is 0. The molecule has 0 aliphatic carbocycles. The molecule has 0 atom stereocenters. The van der Waals surface area contributed by atoms with E-state index in [1.807, 2.05) is 0 Å². The quantitative estimate of drug-likeness (QED) is 0.908. The maximum absolute atomic E-state index is 13.3. The van der Waals surface area contributed by atoms with E-state index in [4.69, 9.17) is 11.6 Å². The first-order valence-electron chi connectivity index (χ1n) is 4.94. The van der Waals surface area contributed by atoms with Crippen LogP contribution in [0.1, 0.15) is 10.4 Å². The molecule has 1 heterocycles. The highest BCUT2D eigenvalue weighted by Gasteiger charge is 2.13. The number of rotatable bonds is 2. The van der Waals surface area contributed by atoms with Crippen molar-refractivity contribution in [3.05, 3.63) is 58.7 Å². The van der Waals surface area contributed by atoms with Crippen molar-refractivity contribution in [1.29, 1.82) is 0 Å². The van der Waals surface area contributed by atoms with E-state index in [-0.39, 0.29) is 5.82 Å². The summed E-state index contributed by atoms with van der Waals surface area (Å²) < 4.78 is 26.3. The molecule has 3 nitrogen and oxygen atoms in total. The lowest BCUT2D eigenvalue weighted by molar-refractivity contribution is 0.102. The number of halogens is 3. The fourth-order valence-corrected chi connectivity index (χ4v) is 1.49. The molecule has 0 aliphatic rings. The van der Waals surface area contributed by atoms with E-state index in [0.29, 0.717) is 5.02 Å². The Morgan fingerprint density at radius 1 is 1.22 bits per heavy atom.